The van der Waals surface area contributed by atoms with Gasteiger partial charge in [0.15, 0.2) is 0 Å². The van der Waals surface area contributed by atoms with Gasteiger partial charge in [0.1, 0.15) is 5.82 Å². The molecule has 0 spiro atoms. The van der Waals surface area contributed by atoms with E-state index in [-0.39, 0.29) is 36.3 Å². The molecule has 0 unspecified atom stereocenters. The number of urea groups is 1. The fourth-order valence-corrected chi connectivity index (χ4v) is 2.37. The summed E-state index contributed by atoms with van der Waals surface area (Å²) in [6.45, 7) is 4.55. The summed E-state index contributed by atoms with van der Waals surface area (Å²) in [4.78, 5) is 25.2. The topological polar surface area (TPSA) is 61.4 Å². The predicted molar refractivity (Wildman–Crippen MR) is 77.0 cm³/mol. The summed E-state index contributed by atoms with van der Waals surface area (Å²) in [6, 6.07) is 5.76. The minimum atomic E-state index is -0.315. The van der Waals surface area contributed by atoms with Crippen molar-refractivity contribution in [1.29, 1.82) is 0 Å². The molecule has 0 bridgehead atoms. The highest BCUT2D eigenvalue weighted by Gasteiger charge is 2.30. The Bertz CT molecular complexity index is 533. The Balaban J connectivity index is 1.89. The molecule has 1 aromatic rings. The van der Waals surface area contributed by atoms with Crippen LogP contribution in [-0.4, -0.2) is 35.5 Å². The summed E-state index contributed by atoms with van der Waals surface area (Å²) in [7, 11) is 0. The maximum atomic E-state index is 13.1. The van der Waals surface area contributed by atoms with Gasteiger partial charge in [-0.3, -0.25) is 4.79 Å². The van der Waals surface area contributed by atoms with Gasteiger partial charge < -0.3 is 15.5 Å². The molecular weight excluding hydrogens is 273 g/mol. The predicted octanol–water partition coefficient (Wildman–Crippen LogP) is 1.63. The van der Waals surface area contributed by atoms with E-state index in [0.29, 0.717) is 13.1 Å². The first-order valence-corrected chi connectivity index (χ1v) is 7.03. The van der Waals surface area contributed by atoms with Gasteiger partial charge in [-0.05, 0) is 31.5 Å². The zero-order chi connectivity index (χ0) is 15.4. The number of nitrogens with zero attached hydrogens (tertiary/aromatic N) is 1. The van der Waals surface area contributed by atoms with Crippen LogP contribution in [0.5, 0.6) is 0 Å². The van der Waals surface area contributed by atoms with Gasteiger partial charge in [0.05, 0.1) is 6.04 Å². The number of amides is 3. The van der Waals surface area contributed by atoms with E-state index in [2.05, 4.69) is 10.6 Å². The quantitative estimate of drug-likeness (QED) is 0.886. The highest BCUT2D eigenvalue weighted by Crippen LogP contribution is 2.15. The first kappa shape index (κ1) is 15.3. The normalized spacial score (nSPS) is 18.2. The number of nitrogens with one attached hydrogen (secondary N) is 2. The first-order valence-electron chi connectivity index (χ1n) is 7.03. The Morgan fingerprint density at radius 2 is 2.24 bits per heavy atom. The second-order valence-corrected chi connectivity index (χ2v) is 5.58. The number of benzene rings is 1. The molecule has 1 aliphatic rings. The van der Waals surface area contributed by atoms with Gasteiger partial charge in [-0.25, -0.2) is 9.18 Å². The molecule has 1 heterocycles. The van der Waals surface area contributed by atoms with Gasteiger partial charge in [-0.2, -0.15) is 0 Å². The van der Waals surface area contributed by atoms with Crippen molar-refractivity contribution >= 4 is 11.9 Å². The molecule has 0 radical (unpaired) electrons. The van der Waals surface area contributed by atoms with Crippen LogP contribution in [0.4, 0.5) is 9.18 Å². The van der Waals surface area contributed by atoms with Gasteiger partial charge in [0, 0.05) is 25.6 Å². The largest absolute Gasteiger partial charge is 0.336 e. The van der Waals surface area contributed by atoms with Crippen LogP contribution in [0.3, 0.4) is 0 Å². The fraction of sp³-hybridized carbons (Fsp3) is 0.467. The van der Waals surface area contributed by atoms with Gasteiger partial charge in [-0.15, -0.1) is 0 Å². The Morgan fingerprint density at radius 1 is 1.48 bits per heavy atom. The van der Waals surface area contributed by atoms with Gasteiger partial charge in [-0.1, -0.05) is 12.1 Å². The standard InChI is InChI=1S/C15H20FN3O2/c1-10(2)17-15(21)18-13-7-14(20)19(9-13)8-11-4-3-5-12(16)6-11/h3-6,10,13H,7-9H2,1-2H3,(H2,17,18,21)/t13-/m0/s1. The van der Waals surface area contributed by atoms with E-state index in [1.807, 2.05) is 13.8 Å². The molecule has 0 aromatic heterocycles. The van der Waals surface area contributed by atoms with Gasteiger partial charge in [0.2, 0.25) is 5.91 Å². The van der Waals surface area contributed by atoms with E-state index in [0.717, 1.165) is 5.56 Å². The van der Waals surface area contributed by atoms with Crippen LogP contribution in [-0.2, 0) is 11.3 Å². The number of carbonyl (C=O) groups is 2. The van der Waals surface area contributed by atoms with Crippen molar-refractivity contribution in [2.75, 3.05) is 6.54 Å². The van der Waals surface area contributed by atoms with Crippen LogP contribution >= 0.6 is 0 Å². The zero-order valence-corrected chi connectivity index (χ0v) is 12.2. The van der Waals surface area contributed by atoms with Crippen LogP contribution in [0.15, 0.2) is 24.3 Å². The number of hydrogen-bond acceptors (Lipinski definition) is 2. The zero-order valence-electron chi connectivity index (χ0n) is 12.2. The van der Waals surface area contributed by atoms with E-state index in [4.69, 9.17) is 0 Å². The molecule has 2 rings (SSSR count). The van der Waals surface area contributed by atoms with E-state index in [9.17, 15) is 14.0 Å². The summed E-state index contributed by atoms with van der Waals surface area (Å²) < 4.78 is 13.1. The number of halogens is 1. The minimum absolute atomic E-state index is 0.0332. The molecule has 1 fully saturated rings. The summed E-state index contributed by atoms with van der Waals surface area (Å²) in [6.07, 6.45) is 0.279. The second-order valence-electron chi connectivity index (χ2n) is 5.58. The SMILES string of the molecule is CC(C)NC(=O)N[C@H]1CC(=O)N(Cc2cccc(F)c2)C1. The molecule has 21 heavy (non-hydrogen) atoms. The van der Waals surface area contributed by atoms with E-state index < -0.39 is 0 Å². The Morgan fingerprint density at radius 3 is 2.90 bits per heavy atom. The smallest absolute Gasteiger partial charge is 0.315 e. The molecule has 1 saturated heterocycles. The fourth-order valence-electron chi connectivity index (χ4n) is 2.37. The van der Waals surface area contributed by atoms with Crippen molar-refractivity contribution in [1.82, 2.24) is 15.5 Å². The van der Waals surface area contributed by atoms with Crippen LogP contribution in [0.2, 0.25) is 0 Å². The van der Waals surface area contributed by atoms with Crippen molar-refractivity contribution in [3.63, 3.8) is 0 Å². The third kappa shape index (κ3) is 4.44. The number of rotatable bonds is 4. The lowest BCUT2D eigenvalue weighted by Gasteiger charge is -2.18. The molecule has 0 saturated carbocycles. The molecule has 3 amide bonds. The van der Waals surface area contributed by atoms with E-state index in [1.54, 1.807) is 17.0 Å². The molecule has 114 valence electrons. The maximum absolute atomic E-state index is 13.1. The van der Waals surface area contributed by atoms with Crippen LogP contribution in [0.25, 0.3) is 0 Å². The van der Waals surface area contributed by atoms with Crippen molar-refractivity contribution < 1.29 is 14.0 Å². The Hall–Kier alpha value is -2.11. The summed E-state index contributed by atoms with van der Waals surface area (Å²) in [5.41, 5.74) is 0.746. The molecule has 1 aromatic carbocycles. The number of carbonyl (C=O) groups excluding carboxylic acids is 2. The molecule has 2 N–H and O–H groups in total. The van der Waals surface area contributed by atoms with Gasteiger partial charge in [0.25, 0.3) is 0 Å². The average Bonchev–Trinajstić information content (AvgIpc) is 2.68. The van der Waals surface area contributed by atoms with Crippen LogP contribution in [0.1, 0.15) is 25.8 Å². The second kappa shape index (κ2) is 6.56. The highest BCUT2D eigenvalue weighted by atomic mass is 19.1. The maximum Gasteiger partial charge on any atom is 0.315 e. The van der Waals surface area contributed by atoms with Crippen LogP contribution < -0.4 is 10.6 Å². The number of likely N-dealkylation sites (tertiary alicyclic amines) is 1. The molecule has 6 heteroatoms. The Labute approximate surface area is 123 Å². The number of hydrogen-bond donors (Lipinski definition) is 2. The van der Waals surface area contributed by atoms with E-state index >= 15 is 0 Å². The Kier molecular flexibility index (Phi) is 4.77. The van der Waals surface area contributed by atoms with Crippen molar-refractivity contribution in [3.05, 3.63) is 35.6 Å². The minimum Gasteiger partial charge on any atom is -0.336 e. The molecule has 1 aliphatic heterocycles. The lowest BCUT2D eigenvalue weighted by Crippen LogP contribution is -2.45. The lowest BCUT2D eigenvalue weighted by atomic mass is 10.2. The molecule has 0 aliphatic carbocycles. The first-order chi connectivity index (χ1) is 9.94. The summed E-state index contributed by atoms with van der Waals surface area (Å²) in [5, 5.41) is 5.51. The van der Waals surface area contributed by atoms with Gasteiger partial charge >= 0.3 is 6.03 Å². The third-order valence-corrected chi connectivity index (χ3v) is 3.23. The lowest BCUT2D eigenvalue weighted by molar-refractivity contribution is -0.128. The van der Waals surface area contributed by atoms with Crippen LogP contribution in [0, 0.1) is 5.82 Å². The van der Waals surface area contributed by atoms with E-state index in [1.165, 1.54) is 12.1 Å². The average molecular weight is 293 g/mol. The monoisotopic (exact) mass is 293 g/mol. The summed E-state index contributed by atoms with van der Waals surface area (Å²) in [5.74, 6) is -0.348. The van der Waals surface area contributed by atoms with Crippen molar-refractivity contribution in [2.45, 2.75) is 38.9 Å². The molecule has 1 atom stereocenters. The third-order valence-electron chi connectivity index (χ3n) is 3.23. The molecular formula is C15H20FN3O2. The highest BCUT2D eigenvalue weighted by molar-refractivity contribution is 5.81. The van der Waals surface area contributed by atoms with Crippen molar-refractivity contribution in [2.24, 2.45) is 0 Å². The van der Waals surface area contributed by atoms with Crippen molar-refractivity contribution in [3.8, 4) is 0 Å². The molecule has 5 nitrogen and oxygen atoms in total. The summed E-state index contributed by atoms with van der Waals surface area (Å²) >= 11 is 0.